The van der Waals surface area contributed by atoms with E-state index >= 15 is 0 Å². The molecule has 0 bridgehead atoms. The summed E-state index contributed by atoms with van der Waals surface area (Å²) >= 11 is 0. The highest BCUT2D eigenvalue weighted by Gasteiger charge is 2.34. The van der Waals surface area contributed by atoms with Crippen LogP contribution in [0, 0.1) is 5.92 Å². The van der Waals surface area contributed by atoms with Crippen LogP contribution >= 0.6 is 0 Å². The van der Waals surface area contributed by atoms with Gasteiger partial charge in [0.1, 0.15) is 0 Å². The number of hydrogen-bond acceptors (Lipinski definition) is 6. The van der Waals surface area contributed by atoms with Crippen molar-refractivity contribution in [3.8, 4) is 11.5 Å². The highest BCUT2D eigenvalue weighted by atomic mass is 32.2. The van der Waals surface area contributed by atoms with Gasteiger partial charge >= 0.3 is 0 Å². The van der Waals surface area contributed by atoms with Crippen LogP contribution in [0.25, 0.3) is 0 Å². The zero-order valence-electron chi connectivity index (χ0n) is 20.7. The van der Waals surface area contributed by atoms with Gasteiger partial charge in [-0.05, 0) is 55.5 Å². The number of ether oxygens (including phenoxy) is 2. The monoisotopic (exact) mass is 515 g/mol. The van der Waals surface area contributed by atoms with Crippen molar-refractivity contribution in [1.82, 2.24) is 9.21 Å². The summed E-state index contributed by atoms with van der Waals surface area (Å²) in [5, 5.41) is 2.90. The van der Waals surface area contributed by atoms with Gasteiger partial charge in [-0.2, -0.15) is 4.31 Å². The number of sulfonamides is 1. The molecule has 0 aliphatic carbocycles. The predicted octanol–water partition coefficient (Wildman–Crippen LogP) is 2.91. The molecule has 0 spiro atoms. The minimum absolute atomic E-state index is 0.0975. The first kappa shape index (κ1) is 26.0. The van der Waals surface area contributed by atoms with Gasteiger partial charge in [0, 0.05) is 37.9 Å². The van der Waals surface area contributed by atoms with Gasteiger partial charge in [-0.25, -0.2) is 8.42 Å². The molecule has 10 heteroatoms. The number of amides is 2. The Labute approximate surface area is 212 Å². The molecule has 0 unspecified atom stereocenters. The fourth-order valence-electron chi connectivity index (χ4n) is 4.70. The number of nitrogens with one attached hydrogen (secondary N) is 1. The fourth-order valence-corrected chi connectivity index (χ4v) is 6.24. The molecule has 2 amide bonds. The zero-order valence-corrected chi connectivity index (χ0v) is 21.6. The average molecular weight is 516 g/mol. The Morgan fingerprint density at radius 1 is 0.944 bits per heavy atom. The van der Waals surface area contributed by atoms with Crippen LogP contribution in [0.15, 0.2) is 47.4 Å². The Morgan fingerprint density at radius 3 is 2.31 bits per heavy atom. The number of methoxy groups -OCH3 is 2. The van der Waals surface area contributed by atoms with E-state index < -0.39 is 15.9 Å². The molecule has 2 aromatic carbocycles. The average Bonchev–Trinajstić information content (AvgIpc) is 3.45. The van der Waals surface area contributed by atoms with Gasteiger partial charge in [-0.3, -0.25) is 9.59 Å². The first-order valence-corrected chi connectivity index (χ1v) is 13.7. The molecule has 194 valence electrons. The summed E-state index contributed by atoms with van der Waals surface area (Å²) in [5.74, 6) is 0.213. The summed E-state index contributed by atoms with van der Waals surface area (Å²) in [5.41, 5.74) is 1.52. The van der Waals surface area contributed by atoms with E-state index in [1.54, 1.807) is 18.2 Å². The summed E-state index contributed by atoms with van der Waals surface area (Å²) in [7, 11) is -0.862. The lowest BCUT2D eigenvalue weighted by molar-refractivity contribution is -0.129. The van der Waals surface area contributed by atoms with Crippen molar-refractivity contribution in [2.75, 3.05) is 45.7 Å². The van der Waals surface area contributed by atoms with Crippen LogP contribution < -0.4 is 14.8 Å². The fraction of sp³-hybridized carbons (Fsp3) is 0.462. The molecule has 2 aliphatic rings. The second-order valence-corrected chi connectivity index (χ2v) is 11.1. The van der Waals surface area contributed by atoms with Gasteiger partial charge in [-0.1, -0.05) is 12.1 Å². The van der Waals surface area contributed by atoms with Crippen LogP contribution in [0.5, 0.6) is 11.5 Å². The van der Waals surface area contributed by atoms with Crippen LogP contribution in [-0.4, -0.2) is 69.8 Å². The zero-order chi connectivity index (χ0) is 25.7. The van der Waals surface area contributed by atoms with Crippen molar-refractivity contribution >= 4 is 27.5 Å². The second-order valence-electron chi connectivity index (χ2n) is 9.17. The minimum atomic E-state index is -3.80. The third kappa shape index (κ3) is 5.82. The van der Waals surface area contributed by atoms with E-state index in [1.165, 1.54) is 30.7 Å². The first-order valence-electron chi connectivity index (χ1n) is 12.2. The van der Waals surface area contributed by atoms with E-state index in [1.807, 2.05) is 17.0 Å². The van der Waals surface area contributed by atoms with Crippen molar-refractivity contribution in [1.29, 1.82) is 0 Å². The van der Waals surface area contributed by atoms with E-state index in [2.05, 4.69) is 5.32 Å². The number of likely N-dealkylation sites (tertiary alicyclic amines) is 1. The van der Waals surface area contributed by atoms with Crippen LogP contribution in [0.1, 0.15) is 31.2 Å². The summed E-state index contributed by atoms with van der Waals surface area (Å²) in [6.45, 7) is 2.10. The largest absolute Gasteiger partial charge is 0.493 e. The molecule has 1 atom stereocenters. The molecule has 1 N–H and O–H groups in total. The van der Waals surface area contributed by atoms with Crippen molar-refractivity contribution in [2.45, 2.75) is 37.0 Å². The summed E-state index contributed by atoms with van der Waals surface area (Å²) in [6, 6.07) is 11.7. The molecule has 4 rings (SSSR count). The van der Waals surface area contributed by atoms with Gasteiger partial charge in [-0.15, -0.1) is 0 Å². The normalized spacial score (nSPS) is 18.6. The SMILES string of the molecule is COc1ccc(S(=O)(=O)N2CCC[C@H](C(=O)Nc3ccc(CC(=O)N4CCCC4)cc3)C2)cc1OC. The van der Waals surface area contributed by atoms with E-state index in [-0.39, 0.29) is 23.3 Å². The van der Waals surface area contributed by atoms with Gasteiger partial charge < -0.3 is 19.7 Å². The molecule has 2 heterocycles. The van der Waals surface area contributed by atoms with E-state index in [0.717, 1.165) is 31.5 Å². The first-order chi connectivity index (χ1) is 17.3. The Balaban J connectivity index is 1.37. The maximum atomic E-state index is 13.3. The van der Waals surface area contributed by atoms with Crippen LogP contribution in [-0.2, 0) is 26.0 Å². The molecule has 2 aliphatic heterocycles. The smallest absolute Gasteiger partial charge is 0.243 e. The number of anilines is 1. The van der Waals surface area contributed by atoms with Crippen LogP contribution in [0.4, 0.5) is 5.69 Å². The Hall–Kier alpha value is -3.11. The number of carbonyl (C=O) groups excluding carboxylic acids is 2. The third-order valence-electron chi connectivity index (χ3n) is 6.78. The molecule has 2 aromatic rings. The highest BCUT2D eigenvalue weighted by molar-refractivity contribution is 7.89. The van der Waals surface area contributed by atoms with Crippen LogP contribution in [0.2, 0.25) is 0 Å². The maximum absolute atomic E-state index is 13.3. The van der Waals surface area contributed by atoms with Crippen molar-refractivity contribution in [3.05, 3.63) is 48.0 Å². The van der Waals surface area contributed by atoms with Crippen molar-refractivity contribution in [3.63, 3.8) is 0 Å². The molecule has 36 heavy (non-hydrogen) atoms. The molecule has 0 saturated carbocycles. The molecular weight excluding hydrogens is 482 g/mol. The number of rotatable bonds is 8. The molecule has 9 nitrogen and oxygen atoms in total. The molecular formula is C26H33N3O6S. The van der Waals surface area contributed by atoms with E-state index in [4.69, 9.17) is 9.47 Å². The topological polar surface area (TPSA) is 105 Å². The highest BCUT2D eigenvalue weighted by Crippen LogP contribution is 2.32. The number of benzene rings is 2. The Bertz CT molecular complexity index is 1190. The molecule has 2 fully saturated rings. The summed E-state index contributed by atoms with van der Waals surface area (Å²) in [6.07, 6.45) is 3.66. The summed E-state index contributed by atoms with van der Waals surface area (Å²) in [4.78, 5) is 27.3. The van der Waals surface area contributed by atoms with Gasteiger partial charge in [0.05, 0.1) is 31.5 Å². The molecule has 2 saturated heterocycles. The predicted molar refractivity (Wildman–Crippen MR) is 136 cm³/mol. The number of piperidine rings is 1. The quantitative estimate of drug-likeness (QED) is 0.580. The molecule has 0 radical (unpaired) electrons. The van der Waals surface area contributed by atoms with Gasteiger partial charge in [0.2, 0.25) is 21.8 Å². The van der Waals surface area contributed by atoms with Crippen LogP contribution in [0.3, 0.4) is 0 Å². The van der Waals surface area contributed by atoms with Crippen molar-refractivity contribution < 1.29 is 27.5 Å². The van der Waals surface area contributed by atoms with Gasteiger partial charge in [0.15, 0.2) is 11.5 Å². The number of hydrogen-bond donors (Lipinski definition) is 1. The lowest BCUT2D eigenvalue weighted by Crippen LogP contribution is -2.43. The standard InChI is InChI=1S/C26H33N3O6S/c1-34-23-12-11-22(17-24(23)35-2)36(32,33)29-15-5-6-20(18-29)26(31)27-21-9-7-19(8-10-21)16-25(30)28-13-3-4-14-28/h7-12,17,20H,3-6,13-16,18H2,1-2H3,(H,27,31)/t20-/m0/s1. The maximum Gasteiger partial charge on any atom is 0.243 e. The second kappa shape index (κ2) is 11.3. The Morgan fingerprint density at radius 2 is 1.64 bits per heavy atom. The third-order valence-corrected chi connectivity index (χ3v) is 8.64. The lowest BCUT2D eigenvalue weighted by Gasteiger charge is -2.31. The number of carbonyl (C=O) groups is 2. The van der Waals surface area contributed by atoms with Gasteiger partial charge in [0.25, 0.3) is 0 Å². The minimum Gasteiger partial charge on any atom is -0.493 e. The van der Waals surface area contributed by atoms with E-state index in [0.29, 0.717) is 43.0 Å². The molecule has 0 aromatic heterocycles. The Kier molecular flexibility index (Phi) is 8.15. The summed E-state index contributed by atoms with van der Waals surface area (Å²) < 4.78 is 38.3. The number of nitrogens with zero attached hydrogens (tertiary/aromatic N) is 2. The van der Waals surface area contributed by atoms with E-state index in [9.17, 15) is 18.0 Å². The van der Waals surface area contributed by atoms with Crippen molar-refractivity contribution in [2.24, 2.45) is 5.92 Å². The lowest BCUT2D eigenvalue weighted by atomic mass is 9.98.